The third kappa shape index (κ3) is 1.84. The summed E-state index contributed by atoms with van der Waals surface area (Å²) in [7, 11) is 0. The average Bonchev–Trinajstić information content (AvgIpc) is 3.19. The molecule has 2 aliphatic rings. The number of carbonyl (C=O) groups is 1. The summed E-state index contributed by atoms with van der Waals surface area (Å²) in [6, 6.07) is 13.9. The van der Waals surface area contributed by atoms with Crippen molar-refractivity contribution in [1.82, 2.24) is 0 Å². The van der Waals surface area contributed by atoms with Crippen LogP contribution in [0.4, 0.5) is 0 Å². The number of aliphatic hydroxyl groups is 1. The van der Waals surface area contributed by atoms with Crippen molar-refractivity contribution in [3.63, 3.8) is 0 Å². The van der Waals surface area contributed by atoms with Crippen LogP contribution in [0.5, 0.6) is 5.75 Å². The van der Waals surface area contributed by atoms with E-state index in [1.54, 1.807) is 12.1 Å². The third-order valence-corrected chi connectivity index (χ3v) is 5.12. The number of fused-ring (bicyclic) bond motifs is 4. The smallest absolute Gasteiger partial charge is 0.323 e. The zero-order valence-electron chi connectivity index (χ0n) is 13.6. The lowest BCUT2D eigenvalue weighted by molar-refractivity contribution is -0.143. The standard InChI is InChI=1S/C20H14O6/c21-13-8-15(11-4-2-1-3-5-11)26-18-12(13)6-7-14-17(18)20(10-25-14)16(22)9-24-19(20)23/h1-8,16,22H,9-10H2/t16-,20+/m0/s1. The molecule has 1 fully saturated rings. The summed E-state index contributed by atoms with van der Waals surface area (Å²) in [6.07, 6.45) is -1.06. The number of aliphatic hydroxyl groups excluding tert-OH is 1. The van der Waals surface area contributed by atoms with Gasteiger partial charge in [0.05, 0.1) is 10.9 Å². The number of rotatable bonds is 1. The second-order valence-electron chi connectivity index (χ2n) is 6.53. The zero-order valence-corrected chi connectivity index (χ0v) is 13.6. The maximum Gasteiger partial charge on any atom is 0.323 e. The van der Waals surface area contributed by atoms with E-state index in [9.17, 15) is 14.7 Å². The molecule has 5 rings (SSSR count). The largest absolute Gasteiger partial charge is 0.491 e. The zero-order chi connectivity index (χ0) is 17.9. The molecule has 2 aliphatic heterocycles. The molecule has 0 saturated carbocycles. The topological polar surface area (TPSA) is 86.0 Å². The Hall–Kier alpha value is -3.12. The van der Waals surface area contributed by atoms with E-state index in [1.807, 2.05) is 30.3 Å². The van der Waals surface area contributed by atoms with E-state index >= 15 is 0 Å². The SMILES string of the molecule is O=C1OC[C@H](O)[C@@]12COc1ccc3c(=O)cc(-c4ccccc4)oc3c12. The molecular formula is C20H14O6. The first-order valence-corrected chi connectivity index (χ1v) is 8.26. The molecule has 0 aliphatic carbocycles. The molecule has 6 nitrogen and oxygen atoms in total. The molecule has 26 heavy (non-hydrogen) atoms. The van der Waals surface area contributed by atoms with Gasteiger partial charge in [-0.15, -0.1) is 0 Å². The second kappa shape index (κ2) is 5.19. The van der Waals surface area contributed by atoms with E-state index < -0.39 is 17.5 Å². The van der Waals surface area contributed by atoms with Gasteiger partial charge >= 0.3 is 5.97 Å². The fraction of sp³-hybridized carbons (Fsp3) is 0.200. The van der Waals surface area contributed by atoms with Gasteiger partial charge in [0.1, 0.15) is 36.4 Å². The number of benzene rings is 2. The minimum absolute atomic E-state index is 0.0410. The van der Waals surface area contributed by atoms with Crippen molar-refractivity contribution >= 4 is 16.9 Å². The molecular weight excluding hydrogens is 336 g/mol. The van der Waals surface area contributed by atoms with Gasteiger partial charge in [0.2, 0.25) is 0 Å². The highest BCUT2D eigenvalue weighted by molar-refractivity contribution is 5.96. The molecule has 0 unspecified atom stereocenters. The molecule has 1 spiro atoms. The Kier molecular flexibility index (Phi) is 3.02. The van der Waals surface area contributed by atoms with Crippen LogP contribution >= 0.6 is 0 Å². The summed E-state index contributed by atoms with van der Waals surface area (Å²) in [5, 5.41) is 10.8. The van der Waals surface area contributed by atoms with E-state index in [4.69, 9.17) is 13.9 Å². The van der Waals surface area contributed by atoms with Crippen molar-refractivity contribution in [1.29, 1.82) is 0 Å². The van der Waals surface area contributed by atoms with Crippen LogP contribution in [0.3, 0.4) is 0 Å². The molecule has 3 aromatic rings. The number of cyclic esters (lactones) is 1. The minimum Gasteiger partial charge on any atom is -0.491 e. The Morgan fingerprint density at radius 1 is 1.04 bits per heavy atom. The summed E-state index contributed by atoms with van der Waals surface area (Å²) >= 11 is 0. The van der Waals surface area contributed by atoms with Crippen LogP contribution in [0.25, 0.3) is 22.3 Å². The van der Waals surface area contributed by atoms with Crippen LogP contribution in [0.2, 0.25) is 0 Å². The van der Waals surface area contributed by atoms with Crippen molar-refractivity contribution in [2.75, 3.05) is 13.2 Å². The van der Waals surface area contributed by atoms with Crippen LogP contribution in [0, 0.1) is 0 Å². The molecule has 130 valence electrons. The lowest BCUT2D eigenvalue weighted by Crippen LogP contribution is -2.43. The van der Waals surface area contributed by atoms with Gasteiger partial charge in [-0.2, -0.15) is 0 Å². The molecule has 2 atom stereocenters. The summed E-state index contributed by atoms with van der Waals surface area (Å²) in [4.78, 5) is 25.1. The van der Waals surface area contributed by atoms with Gasteiger partial charge in [-0.05, 0) is 12.1 Å². The van der Waals surface area contributed by atoms with E-state index in [1.165, 1.54) is 6.07 Å². The first-order valence-electron chi connectivity index (χ1n) is 8.26. The predicted octanol–water partition coefficient (Wildman–Crippen LogP) is 2.01. The molecule has 1 saturated heterocycles. The normalized spacial score (nSPS) is 23.9. The van der Waals surface area contributed by atoms with Gasteiger partial charge in [-0.3, -0.25) is 9.59 Å². The van der Waals surface area contributed by atoms with Gasteiger partial charge in [-0.25, -0.2) is 0 Å². The molecule has 0 bridgehead atoms. The second-order valence-corrected chi connectivity index (χ2v) is 6.53. The van der Waals surface area contributed by atoms with Gasteiger partial charge in [0.25, 0.3) is 0 Å². The van der Waals surface area contributed by atoms with Crippen LogP contribution in [0.1, 0.15) is 5.56 Å². The van der Waals surface area contributed by atoms with E-state index in [-0.39, 0.29) is 24.2 Å². The summed E-state index contributed by atoms with van der Waals surface area (Å²) < 4.78 is 16.8. The maximum absolute atomic E-state index is 12.7. The van der Waals surface area contributed by atoms with Gasteiger partial charge in [0.15, 0.2) is 10.8 Å². The van der Waals surface area contributed by atoms with Crippen molar-refractivity contribution in [3.8, 4) is 17.1 Å². The molecule has 1 N–H and O–H groups in total. The molecule has 0 amide bonds. The lowest BCUT2D eigenvalue weighted by Gasteiger charge is -2.21. The van der Waals surface area contributed by atoms with Gasteiger partial charge < -0.3 is 19.0 Å². The predicted molar refractivity (Wildman–Crippen MR) is 92.1 cm³/mol. The molecule has 2 aromatic carbocycles. The van der Waals surface area contributed by atoms with Crippen molar-refractivity contribution in [3.05, 3.63) is 64.3 Å². The van der Waals surface area contributed by atoms with Crippen LogP contribution in [0.15, 0.2) is 57.7 Å². The average molecular weight is 350 g/mol. The number of hydrogen-bond donors (Lipinski definition) is 1. The highest BCUT2D eigenvalue weighted by Gasteiger charge is 2.60. The van der Waals surface area contributed by atoms with Crippen LogP contribution in [-0.4, -0.2) is 30.4 Å². The Labute approximate surface area is 147 Å². The van der Waals surface area contributed by atoms with E-state index in [0.29, 0.717) is 22.5 Å². The summed E-state index contributed by atoms with van der Waals surface area (Å²) in [6.45, 7) is -0.151. The minimum atomic E-state index is -1.36. The molecule has 3 heterocycles. The van der Waals surface area contributed by atoms with Crippen LogP contribution in [-0.2, 0) is 14.9 Å². The van der Waals surface area contributed by atoms with E-state index in [0.717, 1.165) is 5.56 Å². The first-order chi connectivity index (χ1) is 12.6. The van der Waals surface area contributed by atoms with Gasteiger partial charge in [0, 0.05) is 11.6 Å². The first kappa shape index (κ1) is 15.2. The van der Waals surface area contributed by atoms with Crippen molar-refractivity contribution in [2.45, 2.75) is 11.5 Å². The van der Waals surface area contributed by atoms with Crippen molar-refractivity contribution in [2.24, 2.45) is 0 Å². The monoisotopic (exact) mass is 350 g/mol. The fourth-order valence-corrected chi connectivity index (χ4v) is 3.74. The molecule has 0 radical (unpaired) electrons. The summed E-state index contributed by atoms with van der Waals surface area (Å²) in [5.41, 5.74) is -0.202. The Balaban J connectivity index is 1.85. The van der Waals surface area contributed by atoms with E-state index in [2.05, 4.69) is 0 Å². The fourth-order valence-electron chi connectivity index (χ4n) is 3.74. The van der Waals surface area contributed by atoms with Crippen molar-refractivity contribution < 1.29 is 23.8 Å². The lowest BCUT2D eigenvalue weighted by atomic mass is 9.78. The highest BCUT2D eigenvalue weighted by atomic mass is 16.6. The number of ether oxygens (including phenoxy) is 2. The Bertz CT molecular complexity index is 1100. The Morgan fingerprint density at radius 2 is 1.85 bits per heavy atom. The number of hydrogen-bond acceptors (Lipinski definition) is 6. The highest BCUT2D eigenvalue weighted by Crippen LogP contribution is 2.48. The third-order valence-electron chi connectivity index (χ3n) is 5.12. The molecule has 6 heteroatoms. The maximum atomic E-state index is 12.7. The van der Waals surface area contributed by atoms with Gasteiger partial charge in [-0.1, -0.05) is 30.3 Å². The molecule has 1 aromatic heterocycles. The Morgan fingerprint density at radius 3 is 2.58 bits per heavy atom. The number of carbonyl (C=O) groups excluding carboxylic acids is 1. The summed E-state index contributed by atoms with van der Waals surface area (Å²) in [5.74, 6) is 0.243. The number of esters is 1. The quantitative estimate of drug-likeness (QED) is 0.676. The van der Waals surface area contributed by atoms with Crippen LogP contribution < -0.4 is 10.2 Å².